The van der Waals surface area contributed by atoms with Crippen LogP contribution in [0.15, 0.2) is 18.2 Å². The van der Waals surface area contributed by atoms with Gasteiger partial charge in [-0.1, -0.05) is 30.7 Å². The Morgan fingerprint density at radius 3 is 2.86 bits per heavy atom. The van der Waals surface area contributed by atoms with Gasteiger partial charge >= 0.3 is 0 Å². The van der Waals surface area contributed by atoms with Gasteiger partial charge in [0.2, 0.25) is 0 Å². The first-order valence-corrected chi connectivity index (χ1v) is 5.57. The minimum absolute atomic E-state index is 0.486. The van der Waals surface area contributed by atoms with Crippen molar-refractivity contribution in [3.63, 3.8) is 0 Å². The minimum Gasteiger partial charge on any atom is -0.313 e. The van der Waals surface area contributed by atoms with Gasteiger partial charge in [-0.05, 0) is 43.0 Å². The average molecular weight is 210 g/mol. The zero-order chi connectivity index (χ0) is 10.1. The van der Waals surface area contributed by atoms with Crippen molar-refractivity contribution in [2.75, 3.05) is 7.05 Å². The highest BCUT2D eigenvalue weighted by Gasteiger charge is 2.25. The lowest BCUT2D eigenvalue weighted by Gasteiger charge is -2.30. The Hall–Kier alpha value is -0.530. The van der Waals surface area contributed by atoms with Gasteiger partial charge < -0.3 is 5.32 Å². The molecule has 14 heavy (non-hydrogen) atoms. The molecule has 76 valence electrons. The topological polar surface area (TPSA) is 12.0 Å². The predicted octanol–water partition coefficient (Wildman–Crippen LogP) is 3.50. The highest BCUT2D eigenvalue weighted by Crippen LogP contribution is 2.40. The number of benzene rings is 1. The van der Waals surface area contributed by atoms with E-state index in [9.17, 15) is 0 Å². The van der Waals surface area contributed by atoms with Crippen LogP contribution in [0.2, 0.25) is 5.02 Å². The second-order valence-corrected chi connectivity index (χ2v) is 4.47. The Morgan fingerprint density at radius 1 is 1.36 bits per heavy atom. The summed E-state index contributed by atoms with van der Waals surface area (Å²) in [4.78, 5) is 0. The van der Waals surface area contributed by atoms with Gasteiger partial charge in [-0.15, -0.1) is 0 Å². The molecular formula is C12H16ClN. The summed E-state index contributed by atoms with van der Waals surface area (Å²) in [7, 11) is 2.02. The summed E-state index contributed by atoms with van der Waals surface area (Å²) < 4.78 is 0. The van der Waals surface area contributed by atoms with Crippen LogP contribution in [0.1, 0.15) is 42.9 Å². The van der Waals surface area contributed by atoms with Crippen molar-refractivity contribution in [1.82, 2.24) is 5.32 Å². The molecule has 0 aromatic heterocycles. The molecule has 0 saturated carbocycles. The fraction of sp³-hybridized carbons (Fsp3) is 0.500. The van der Waals surface area contributed by atoms with Crippen molar-refractivity contribution in [3.8, 4) is 0 Å². The fourth-order valence-corrected chi connectivity index (χ4v) is 2.76. The Labute approximate surface area is 90.5 Å². The fourth-order valence-electron chi connectivity index (χ4n) is 2.39. The van der Waals surface area contributed by atoms with E-state index in [1.165, 1.54) is 24.0 Å². The van der Waals surface area contributed by atoms with E-state index in [1.807, 2.05) is 19.2 Å². The third-order valence-corrected chi connectivity index (χ3v) is 3.52. The molecule has 2 heteroatoms. The molecule has 1 N–H and O–H groups in total. The normalized spacial score (nSPS) is 25.9. The van der Waals surface area contributed by atoms with Crippen molar-refractivity contribution in [2.45, 2.75) is 31.7 Å². The molecule has 1 nitrogen and oxygen atoms in total. The first-order chi connectivity index (χ1) is 6.74. The molecule has 0 bridgehead atoms. The Kier molecular flexibility index (Phi) is 2.80. The lowest BCUT2D eigenvalue weighted by atomic mass is 9.81. The maximum absolute atomic E-state index is 6.23. The summed E-state index contributed by atoms with van der Waals surface area (Å²) in [5.74, 6) is 0.600. The quantitative estimate of drug-likeness (QED) is 0.747. The Morgan fingerprint density at radius 2 is 2.14 bits per heavy atom. The van der Waals surface area contributed by atoms with E-state index in [-0.39, 0.29) is 0 Å². The smallest absolute Gasteiger partial charge is 0.0444 e. The predicted molar refractivity (Wildman–Crippen MR) is 60.9 cm³/mol. The van der Waals surface area contributed by atoms with Crippen molar-refractivity contribution in [1.29, 1.82) is 0 Å². The second-order valence-electron chi connectivity index (χ2n) is 4.06. The van der Waals surface area contributed by atoms with E-state index in [0.29, 0.717) is 12.0 Å². The Balaban J connectivity index is 2.50. The lowest BCUT2D eigenvalue weighted by molar-refractivity contribution is 0.460. The van der Waals surface area contributed by atoms with Gasteiger partial charge in [0.1, 0.15) is 0 Å². The molecule has 0 aliphatic heterocycles. The number of hydrogen-bond donors (Lipinski definition) is 1. The molecule has 2 atom stereocenters. The molecule has 1 aliphatic rings. The molecule has 1 aromatic rings. The number of hydrogen-bond acceptors (Lipinski definition) is 1. The maximum Gasteiger partial charge on any atom is 0.0444 e. The van der Waals surface area contributed by atoms with E-state index in [2.05, 4.69) is 18.3 Å². The highest BCUT2D eigenvalue weighted by atomic mass is 35.5. The van der Waals surface area contributed by atoms with Gasteiger partial charge in [0.25, 0.3) is 0 Å². The molecule has 1 aliphatic carbocycles. The number of fused-ring (bicyclic) bond motifs is 1. The van der Waals surface area contributed by atoms with E-state index in [1.54, 1.807) is 0 Å². The van der Waals surface area contributed by atoms with Gasteiger partial charge in [-0.25, -0.2) is 0 Å². The van der Waals surface area contributed by atoms with Crippen LogP contribution in [0.4, 0.5) is 0 Å². The molecule has 0 amide bonds. The van der Waals surface area contributed by atoms with Crippen LogP contribution in [0, 0.1) is 0 Å². The zero-order valence-corrected chi connectivity index (χ0v) is 9.43. The molecule has 0 radical (unpaired) electrons. The van der Waals surface area contributed by atoms with Crippen LogP contribution < -0.4 is 5.32 Å². The Bertz CT molecular complexity index is 335. The SMILES string of the molecule is CNC1CCC(C)c2c(Cl)cccc21. The summed E-state index contributed by atoms with van der Waals surface area (Å²) in [6, 6.07) is 6.72. The highest BCUT2D eigenvalue weighted by molar-refractivity contribution is 6.31. The van der Waals surface area contributed by atoms with Crippen LogP contribution in [-0.2, 0) is 0 Å². The van der Waals surface area contributed by atoms with Gasteiger partial charge in [0, 0.05) is 11.1 Å². The number of nitrogens with one attached hydrogen (secondary N) is 1. The average Bonchev–Trinajstić information content (AvgIpc) is 2.18. The molecule has 0 heterocycles. The molecule has 0 saturated heterocycles. The van der Waals surface area contributed by atoms with E-state index >= 15 is 0 Å². The van der Waals surface area contributed by atoms with Crippen molar-refractivity contribution in [2.24, 2.45) is 0 Å². The summed E-state index contributed by atoms with van der Waals surface area (Å²) in [5, 5.41) is 4.28. The van der Waals surface area contributed by atoms with Crippen LogP contribution in [0.5, 0.6) is 0 Å². The maximum atomic E-state index is 6.23. The molecule has 2 rings (SSSR count). The molecule has 0 spiro atoms. The number of rotatable bonds is 1. The van der Waals surface area contributed by atoms with Crippen molar-refractivity contribution < 1.29 is 0 Å². The molecular weight excluding hydrogens is 194 g/mol. The second kappa shape index (κ2) is 3.92. The van der Waals surface area contributed by atoms with Crippen LogP contribution in [0.3, 0.4) is 0 Å². The number of halogens is 1. The van der Waals surface area contributed by atoms with Crippen molar-refractivity contribution in [3.05, 3.63) is 34.3 Å². The largest absolute Gasteiger partial charge is 0.313 e. The van der Waals surface area contributed by atoms with Crippen LogP contribution in [-0.4, -0.2) is 7.05 Å². The first kappa shape index (κ1) is 10.0. The third kappa shape index (κ3) is 1.55. The van der Waals surface area contributed by atoms with Crippen molar-refractivity contribution >= 4 is 11.6 Å². The van der Waals surface area contributed by atoms with Gasteiger partial charge in [0.05, 0.1) is 0 Å². The van der Waals surface area contributed by atoms with E-state index in [0.717, 1.165) is 5.02 Å². The first-order valence-electron chi connectivity index (χ1n) is 5.19. The van der Waals surface area contributed by atoms with Crippen LogP contribution >= 0.6 is 11.6 Å². The molecule has 2 unspecified atom stereocenters. The monoisotopic (exact) mass is 209 g/mol. The summed E-state index contributed by atoms with van der Waals surface area (Å²) in [6.45, 7) is 2.26. The summed E-state index contributed by atoms with van der Waals surface area (Å²) in [6.07, 6.45) is 2.44. The van der Waals surface area contributed by atoms with Gasteiger partial charge in [0.15, 0.2) is 0 Å². The molecule has 1 aromatic carbocycles. The summed E-state index contributed by atoms with van der Waals surface area (Å²) in [5.41, 5.74) is 2.73. The van der Waals surface area contributed by atoms with Gasteiger partial charge in [-0.3, -0.25) is 0 Å². The summed E-state index contributed by atoms with van der Waals surface area (Å²) >= 11 is 6.23. The minimum atomic E-state index is 0.486. The van der Waals surface area contributed by atoms with E-state index < -0.39 is 0 Å². The third-order valence-electron chi connectivity index (χ3n) is 3.19. The standard InChI is InChI=1S/C12H16ClN/c1-8-6-7-11(14-2)9-4-3-5-10(13)12(8)9/h3-5,8,11,14H,6-7H2,1-2H3. The van der Waals surface area contributed by atoms with Crippen LogP contribution in [0.25, 0.3) is 0 Å². The lowest BCUT2D eigenvalue weighted by Crippen LogP contribution is -2.23. The van der Waals surface area contributed by atoms with Gasteiger partial charge in [-0.2, -0.15) is 0 Å². The van der Waals surface area contributed by atoms with E-state index in [4.69, 9.17) is 11.6 Å². The molecule has 0 fully saturated rings. The zero-order valence-electron chi connectivity index (χ0n) is 8.68.